The third kappa shape index (κ3) is 6.51. The van der Waals surface area contributed by atoms with Gasteiger partial charge >= 0.3 is 12.5 Å². The summed E-state index contributed by atoms with van der Waals surface area (Å²) < 4.78 is 57.5. The van der Waals surface area contributed by atoms with E-state index >= 15 is 0 Å². The number of non-ortho nitro benzene ring substituents is 1. The van der Waals surface area contributed by atoms with E-state index in [1.165, 1.54) is 37.4 Å². The SMILES string of the molecule is Cn1nc(OC(F)(F)F)cc1C(=O)Nc1cc([C@@H]2C[C@H](OC(=O)Oc3ccc([N+](=O)[O-])cc3)CO2)[nH]n1. The average molecular weight is 526 g/mol. The van der Waals surface area contributed by atoms with Crippen molar-refractivity contribution in [3.8, 4) is 11.6 Å². The monoisotopic (exact) mass is 526 g/mol. The van der Waals surface area contributed by atoms with Gasteiger partial charge in [-0.2, -0.15) is 5.10 Å². The molecule has 4 rings (SSSR count). The van der Waals surface area contributed by atoms with Crippen molar-refractivity contribution in [2.75, 3.05) is 11.9 Å². The summed E-state index contributed by atoms with van der Waals surface area (Å²) >= 11 is 0. The topological polar surface area (TPSA) is 173 Å². The van der Waals surface area contributed by atoms with E-state index in [4.69, 9.17) is 14.2 Å². The van der Waals surface area contributed by atoms with Gasteiger partial charge < -0.3 is 24.3 Å². The summed E-state index contributed by atoms with van der Waals surface area (Å²) in [5.74, 6) is -1.46. The molecule has 0 radical (unpaired) electrons. The molecule has 2 aromatic heterocycles. The van der Waals surface area contributed by atoms with Crippen LogP contribution < -0.4 is 14.8 Å². The number of nitrogens with zero attached hydrogens (tertiary/aromatic N) is 4. The minimum absolute atomic E-state index is 0.0394. The van der Waals surface area contributed by atoms with Crippen molar-refractivity contribution in [2.45, 2.75) is 25.0 Å². The Morgan fingerprint density at radius 3 is 2.68 bits per heavy atom. The molecule has 0 aliphatic carbocycles. The highest BCUT2D eigenvalue weighted by Gasteiger charge is 2.34. The number of carbonyl (C=O) groups is 2. The Balaban J connectivity index is 1.29. The van der Waals surface area contributed by atoms with Crippen molar-refractivity contribution < 1.29 is 46.6 Å². The number of alkyl halides is 3. The second kappa shape index (κ2) is 10.1. The van der Waals surface area contributed by atoms with Crippen molar-refractivity contribution in [1.29, 1.82) is 0 Å². The lowest BCUT2D eigenvalue weighted by Crippen LogP contribution is -2.20. The summed E-state index contributed by atoms with van der Waals surface area (Å²) in [6.45, 7) is 0.0394. The number of hydrogen-bond donors (Lipinski definition) is 2. The Hall–Kier alpha value is -4.67. The summed E-state index contributed by atoms with van der Waals surface area (Å²) in [4.78, 5) is 34.5. The van der Waals surface area contributed by atoms with Gasteiger partial charge in [-0.1, -0.05) is 0 Å². The second-order valence-corrected chi connectivity index (χ2v) is 7.60. The van der Waals surface area contributed by atoms with E-state index in [0.717, 1.165) is 10.7 Å². The average Bonchev–Trinajstić information content (AvgIpc) is 3.53. The molecule has 1 fully saturated rings. The molecular weight excluding hydrogens is 509 g/mol. The molecule has 1 saturated heterocycles. The largest absolute Gasteiger partial charge is 0.574 e. The lowest BCUT2D eigenvalue weighted by atomic mass is 10.1. The molecule has 14 nitrogen and oxygen atoms in total. The van der Waals surface area contributed by atoms with Gasteiger partial charge in [0.15, 0.2) is 5.82 Å². The lowest BCUT2D eigenvalue weighted by molar-refractivity contribution is -0.384. The third-order valence-electron chi connectivity index (χ3n) is 4.97. The van der Waals surface area contributed by atoms with Gasteiger partial charge in [-0.3, -0.25) is 24.7 Å². The van der Waals surface area contributed by atoms with Crippen molar-refractivity contribution in [3.05, 3.63) is 57.9 Å². The number of benzene rings is 1. The van der Waals surface area contributed by atoms with Crippen LogP contribution in [0.3, 0.4) is 0 Å². The first-order valence-corrected chi connectivity index (χ1v) is 10.4. The Kier molecular flexibility index (Phi) is 6.96. The van der Waals surface area contributed by atoms with E-state index in [2.05, 4.69) is 25.3 Å². The fourth-order valence-electron chi connectivity index (χ4n) is 3.36. The summed E-state index contributed by atoms with van der Waals surface area (Å²) in [7, 11) is 1.27. The van der Waals surface area contributed by atoms with Gasteiger partial charge in [0.05, 0.1) is 17.2 Å². The van der Waals surface area contributed by atoms with Crippen molar-refractivity contribution in [2.24, 2.45) is 7.05 Å². The van der Waals surface area contributed by atoms with Gasteiger partial charge in [0.1, 0.15) is 23.7 Å². The van der Waals surface area contributed by atoms with Crippen LogP contribution in [0.15, 0.2) is 36.4 Å². The maximum Gasteiger partial charge on any atom is 0.574 e. The van der Waals surface area contributed by atoms with Gasteiger partial charge in [-0.05, 0) is 12.1 Å². The van der Waals surface area contributed by atoms with E-state index < -0.39 is 41.4 Å². The molecule has 17 heteroatoms. The zero-order chi connectivity index (χ0) is 26.7. The van der Waals surface area contributed by atoms with Crippen LogP contribution in [0.1, 0.15) is 28.7 Å². The minimum Gasteiger partial charge on any atom is -0.428 e. The molecule has 1 aliphatic rings. The van der Waals surface area contributed by atoms with Gasteiger partial charge in [0.25, 0.3) is 11.6 Å². The highest BCUT2D eigenvalue weighted by Crippen LogP contribution is 2.31. The van der Waals surface area contributed by atoms with Crippen LogP contribution in [-0.2, 0) is 16.5 Å². The quantitative estimate of drug-likeness (QED) is 0.201. The van der Waals surface area contributed by atoms with Gasteiger partial charge in [-0.15, -0.1) is 18.3 Å². The van der Waals surface area contributed by atoms with Gasteiger partial charge in [0.2, 0.25) is 5.88 Å². The minimum atomic E-state index is -4.95. The molecule has 0 bridgehead atoms. The number of H-pyrrole nitrogens is 1. The third-order valence-corrected chi connectivity index (χ3v) is 4.97. The molecule has 0 unspecified atom stereocenters. The molecule has 0 saturated carbocycles. The smallest absolute Gasteiger partial charge is 0.428 e. The molecule has 1 amide bonds. The molecule has 0 spiro atoms. The second-order valence-electron chi connectivity index (χ2n) is 7.60. The van der Waals surface area contributed by atoms with Gasteiger partial charge in [-0.25, -0.2) is 4.79 Å². The zero-order valence-electron chi connectivity index (χ0n) is 18.7. The first-order chi connectivity index (χ1) is 17.5. The predicted octanol–water partition coefficient (Wildman–Crippen LogP) is 3.25. The first-order valence-electron chi connectivity index (χ1n) is 10.4. The number of ether oxygens (including phenoxy) is 4. The number of aromatic nitrogens is 4. The number of hydrogen-bond acceptors (Lipinski definition) is 10. The van der Waals surface area contributed by atoms with Crippen molar-refractivity contribution in [1.82, 2.24) is 20.0 Å². The summed E-state index contributed by atoms with van der Waals surface area (Å²) in [6, 6.07) is 7.13. The van der Waals surface area contributed by atoms with Gasteiger partial charge in [0, 0.05) is 37.7 Å². The molecule has 2 atom stereocenters. The summed E-state index contributed by atoms with van der Waals surface area (Å²) in [5, 5.41) is 23.2. The van der Waals surface area contributed by atoms with Crippen LogP contribution in [0.2, 0.25) is 0 Å². The predicted molar refractivity (Wildman–Crippen MR) is 114 cm³/mol. The molecule has 37 heavy (non-hydrogen) atoms. The molecule has 196 valence electrons. The number of carbonyl (C=O) groups excluding carboxylic acids is 2. The molecule has 1 aliphatic heterocycles. The number of anilines is 1. The summed E-state index contributed by atoms with van der Waals surface area (Å²) in [6.07, 6.45) is -6.99. The number of halogens is 3. The Morgan fingerprint density at radius 2 is 2.00 bits per heavy atom. The maximum atomic E-state index is 12.4. The number of aromatic amines is 1. The van der Waals surface area contributed by atoms with E-state index in [1.807, 2.05) is 0 Å². The molecule has 1 aromatic carbocycles. The number of nitro benzene ring substituents is 1. The van der Waals surface area contributed by atoms with Crippen molar-refractivity contribution >= 4 is 23.6 Å². The van der Waals surface area contributed by atoms with E-state index in [0.29, 0.717) is 5.69 Å². The fourth-order valence-corrected chi connectivity index (χ4v) is 3.36. The number of rotatable bonds is 7. The Bertz CT molecular complexity index is 1310. The van der Waals surface area contributed by atoms with Crippen LogP contribution in [0.5, 0.6) is 11.6 Å². The molecule has 3 aromatic rings. The van der Waals surface area contributed by atoms with Crippen LogP contribution >= 0.6 is 0 Å². The zero-order valence-corrected chi connectivity index (χ0v) is 18.7. The number of aryl methyl sites for hydroxylation is 1. The highest BCUT2D eigenvalue weighted by molar-refractivity contribution is 6.02. The fraction of sp³-hybridized carbons (Fsp3) is 0.300. The maximum absolute atomic E-state index is 12.4. The standard InChI is InChI=1S/C20H17F3N6O8/c1-28-14(8-17(27-28)37-20(21,22)23)18(30)24-16-7-13(25-26-16)15-6-12(9-34-15)36-19(31)35-11-4-2-10(3-5-11)29(32)33/h2-5,7-8,12,15H,6,9H2,1H3,(H2,24,25,26,30)/t12-,15-/m0/s1. The molecular formula is C20H17F3N6O8. The number of nitrogens with one attached hydrogen (secondary N) is 2. The normalized spacial score (nSPS) is 17.3. The Labute approximate surface area is 204 Å². The van der Waals surface area contributed by atoms with Crippen molar-refractivity contribution in [3.63, 3.8) is 0 Å². The molecule has 3 heterocycles. The highest BCUT2D eigenvalue weighted by atomic mass is 19.4. The number of nitro groups is 1. The van der Waals surface area contributed by atoms with Crippen LogP contribution in [-0.4, -0.2) is 56.0 Å². The van der Waals surface area contributed by atoms with E-state index in [-0.39, 0.29) is 36.0 Å². The Morgan fingerprint density at radius 1 is 1.27 bits per heavy atom. The van der Waals surface area contributed by atoms with Crippen LogP contribution in [0.25, 0.3) is 0 Å². The van der Waals surface area contributed by atoms with Crippen LogP contribution in [0.4, 0.5) is 29.5 Å². The lowest BCUT2D eigenvalue weighted by Gasteiger charge is -2.10. The molecule has 2 N–H and O–H groups in total. The first kappa shape index (κ1) is 25.4. The summed E-state index contributed by atoms with van der Waals surface area (Å²) in [5.41, 5.74) is 0.0700. The van der Waals surface area contributed by atoms with Crippen LogP contribution in [0, 0.1) is 10.1 Å². The van der Waals surface area contributed by atoms with E-state index in [1.54, 1.807) is 0 Å². The van der Waals surface area contributed by atoms with E-state index in [9.17, 15) is 32.9 Å². The number of amides is 1.